The summed E-state index contributed by atoms with van der Waals surface area (Å²) in [7, 11) is 0. The average Bonchev–Trinajstić information content (AvgIpc) is 3.33. The van der Waals surface area contributed by atoms with E-state index in [2.05, 4.69) is 18.5 Å². The molecule has 2 fully saturated rings. The molecule has 2 saturated heterocycles. The summed E-state index contributed by atoms with van der Waals surface area (Å²) in [5.41, 5.74) is 3.36. The molecule has 0 unspecified atom stereocenters. The Morgan fingerprint density at radius 2 is 1.74 bits per heavy atom. The van der Waals surface area contributed by atoms with E-state index >= 15 is 0 Å². The molecule has 0 spiro atoms. The van der Waals surface area contributed by atoms with Crippen molar-refractivity contribution in [3.05, 3.63) is 119 Å². The number of carbonyl (C=O) groups excluding carboxylic acids is 3. The smallest absolute Gasteiger partial charge is 0.332 e. The summed E-state index contributed by atoms with van der Waals surface area (Å²) in [4.78, 5) is 44.4. The first-order valence-corrected chi connectivity index (χ1v) is 14.4. The van der Waals surface area contributed by atoms with Gasteiger partial charge in [-0.2, -0.15) is 5.01 Å². The Balaban J connectivity index is 1.44. The van der Waals surface area contributed by atoms with Gasteiger partial charge in [0.15, 0.2) is 0 Å². The standard InChI is InChI=1S/C33H34ClN5O4/c1-3-16-37(33(43)35-19-24-8-6-5-7-9-24)38-22-31(41)39-29(18-23-11-14-27(40)15-12-23)32(42)36(21-30(38)39)20-25-10-13-26(4-2)28(34)17-25/h3-15,17,29-30,40H,1-2,16,18-22H2,(H,35,43)/t29-,30+/m0/s1. The van der Waals surface area contributed by atoms with Gasteiger partial charge in [-0.15, -0.1) is 6.58 Å². The van der Waals surface area contributed by atoms with E-state index in [1.165, 1.54) is 5.01 Å². The fourth-order valence-electron chi connectivity index (χ4n) is 5.59. The van der Waals surface area contributed by atoms with Crippen LogP contribution >= 0.6 is 11.6 Å². The first-order chi connectivity index (χ1) is 20.8. The maximum atomic E-state index is 14.0. The van der Waals surface area contributed by atoms with Gasteiger partial charge in [0.2, 0.25) is 11.8 Å². The molecule has 2 aliphatic rings. The van der Waals surface area contributed by atoms with Crippen molar-refractivity contribution in [1.82, 2.24) is 25.1 Å². The molecule has 0 bridgehead atoms. The Morgan fingerprint density at radius 3 is 2.42 bits per heavy atom. The summed E-state index contributed by atoms with van der Waals surface area (Å²) < 4.78 is 0. The van der Waals surface area contributed by atoms with Gasteiger partial charge < -0.3 is 20.2 Å². The lowest BCUT2D eigenvalue weighted by Crippen LogP contribution is -2.66. The van der Waals surface area contributed by atoms with Crippen molar-refractivity contribution in [1.29, 1.82) is 0 Å². The van der Waals surface area contributed by atoms with Crippen LogP contribution < -0.4 is 5.32 Å². The van der Waals surface area contributed by atoms with Crippen molar-refractivity contribution >= 4 is 35.5 Å². The number of hydrazine groups is 1. The molecule has 0 radical (unpaired) electrons. The molecule has 2 N–H and O–H groups in total. The number of nitrogens with zero attached hydrogens (tertiary/aromatic N) is 4. The molecule has 5 rings (SSSR count). The third kappa shape index (κ3) is 6.58. The highest BCUT2D eigenvalue weighted by atomic mass is 35.5. The van der Waals surface area contributed by atoms with E-state index in [1.54, 1.807) is 51.2 Å². The van der Waals surface area contributed by atoms with Crippen molar-refractivity contribution in [2.45, 2.75) is 31.7 Å². The topological polar surface area (TPSA) is 96.4 Å². The third-order valence-corrected chi connectivity index (χ3v) is 8.05. The summed E-state index contributed by atoms with van der Waals surface area (Å²) in [6.07, 6.45) is 2.95. The number of carbonyl (C=O) groups is 3. The number of phenols is 1. The number of aromatic hydroxyl groups is 1. The van der Waals surface area contributed by atoms with Crippen LogP contribution in [0, 0.1) is 0 Å². The van der Waals surface area contributed by atoms with Crippen LogP contribution in [0.4, 0.5) is 4.79 Å². The van der Waals surface area contributed by atoms with Crippen LogP contribution in [-0.2, 0) is 29.1 Å². The lowest BCUT2D eigenvalue weighted by molar-refractivity contribution is -0.157. The van der Waals surface area contributed by atoms with Gasteiger partial charge >= 0.3 is 6.03 Å². The van der Waals surface area contributed by atoms with Crippen LogP contribution in [-0.4, -0.2) is 74.6 Å². The number of benzene rings is 3. The van der Waals surface area contributed by atoms with Crippen LogP contribution in [0.1, 0.15) is 22.3 Å². The van der Waals surface area contributed by atoms with Crippen LogP contribution in [0.3, 0.4) is 0 Å². The molecule has 10 heteroatoms. The molecule has 0 saturated carbocycles. The van der Waals surface area contributed by atoms with Crippen LogP contribution in [0.5, 0.6) is 5.75 Å². The first-order valence-electron chi connectivity index (χ1n) is 14.0. The number of rotatable bonds is 10. The van der Waals surface area contributed by atoms with Crippen molar-refractivity contribution in [2.75, 3.05) is 19.6 Å². The highest BCUT2D eigenvalue weighted by Crippen LogP contribution is 2.31. The Bertz CT molecular complexity index is 1510. The highest BCUT2D eigenvalue weighted by Gasteiger charge is 2.52. The van der Waals surface area contributed by atoms with Gasteiger partial charge in [-0.25, -0.2) is 4.79 Å². The number of urea groups is 1. The Morgan fingerprint density at radius 1 is 1.02 bits per heavy atom. The molecule has 4 amide bonds. The molecule has 3 aromatic rings. The third-order valence-electron chi connectivity index (χ3n) is 7.72. The molecule has 9 nitrogen and oxygen atoms in total. The fourth-order valence-corrected chi connectivity index (χ4v) is 5.87. The summed E-state index contributed by atoms with van der Waals surface area (Å²) >= 11 is 6.43. The Hall–Kier alpha value is -4.60. The van der Waals surface area contributed by atoms with E-state index < -0.39 is 12.2 Å². The van der Waals surface area contributed by atoms with Gasteiger partial charge in [0, 0.05) is 24.5 Å². The lowest BCUT2D eigenvalue weighted by atomic mass is 9.99. The van der Waals surface area contributed by atoms with Crippen molar-refractivity contribution < 1.29 is 19.5 Å². The molecule has 2 aliphatic heterocycles. The van der Waals surface area contributed by atoms with Gasteiger partial charge in [-0.1, -0.05) is 84.9 Å². The fraction of sp³-hybridized carbons (Fsp3) is 0.242. The zero-order valence-electron chi connectivity index (χ0n) is 23.7. The minimum Gasteiger partial charge on any atom is -0.508 e. The predicted molar refractivity (Wildman–Crippen MR) is 165 cm³/mol. The average molecular weight is 600 g/mol. The SMILES string of the molecule is C=CCN(C(=O)NCc1ccccc1)N1CC(=O)N2[C@@H](Cc3ccc(O)cc3)C(=O)N(Cc3ccc(C=C)c(Cl)c3)C[C@@H]21. The normalized spacial score (nSPS) is 18.3. The number of halogens is 1. The minimum atomic E-state index is -0.804. The molecule has 2 atom stereocenters. The monoisotopic (exact) mass is 599 g/mol. The summed E-state index contributed by atoms with van der Waals surface area (Å²) in [6, 6.07) is 20.5. The number of piperazine rings is 1. The summed E-state index contributed by atoms with van der Waals surface area (Å²) in [6.45, 7) is 8.50. The van der Waals surface area contributed by atoms with Crippen molar-refractivity contribution in [3.8, 4) is 5.75 Å². The van der Waals surface area contributed by atoms with Gasteiger partial charge in [0.25, 0.3) is 0 Å². The van der Waals surface area contributed by atoms with Gasteiger partial charge in [0.1, 0.15) is 18.0 Å². The van der Waals surface area contributed by atoms with Crippen LogP contribution in [0.25, 0.3) is 6.08 Å². The number of fused-ring (bicyclic) bond motifs is 1. The van der Waals surface area contributed by atoms with E-state index in [0.717, 1.165) is 22.3 Å². The highest BCUT2D eigenvalue weighted by molar-refractivity contribution is 6.32. The molecule has 0 aromatic heterocycles. The number of phenolic OH excluding ortho intramolecular Hbond substituents is 1. The second kappa shape index (κ2) is 13.1. The second-order valence-electron chi connectivity index (χ2n) is 10.6. The number of hydrogen-bond donors (Lipinski definition) is 2. The van der Waals surface area contributed by atoms with Crippen LogP contribution in [0.2, 0.25) is 5.02 Å². The quantitative estimate of drug-likeness (QED) is 0.336. The molecule has 0 aliphatic carbocycles. The minimum absolute atomic E-state index is 0.0652. The maximum absolute atomic E-state index is 14.0. The Kier molecular flexibility index (Phi) is 9.13. The molecule has 3 aromatic carbocycles. The van der Waals surface area contributed by atoms with Crippen molar-refractivity contribution in [3.63, 3.8) is 0 Å². The van der Waals surface area contributed by atoms with Crippen molar-refractivity contribution in [2.24, 2.45) is 0 Å². The summed E-state index contributed by atoms with van der Waals surface area (Å²) in [5.74, 6) is -0.333. The molecule has 43 heavy (non-hydrogen) atoms. The number of nitrogens with one attached hydrogen (secondary N) is 1. The van der Waals surface area contributed by atoms with E-state index in [4.69, 9.17) is 11.6 Å². The molecular formula is C33H34ClN5O4. The lowest BCUT2D eigenvalue weighted by Gasteiger charge is -2.46. The van der Waals surface area contributed by atoms with E-state index in [0.29, 0.717) is 11.6 Å². The van der Waals surface area contributed by atoms with Gasteiger partial charge in [0.05, 0.1) is 19.6 Å². The predicted octanol–water partition coefficient (Wildman–Crippen LogP) is 4.43. The summed E-state index contributed by atoms with van der Waals surface area (Å²) in [5, 5.41) is 16.5. The largest absolute Gasteiger partial charge is 0.508 e. The van der Waals surface area contributed by atoms with Crippen LogP contribution in [0.15, 0.2) is 92.0 Å². The molecule has 2 heterocycles. The zero-order chi connectivity index (χ0) is 30.5. The zero-order valence-corrected chi connectivity index (χ0v) is 24.5. The van der Waals surface area contributed by atoms with Gasteiger partial charge in [-0.05, 0) is 40.5 Å². The van der Waals surface area contributed by atoms with E-state index in [-0.39, 0.29) is 56.2 Å². The Labute approximate surface area is 256 Å². The molecule has 222 valence electrons. The van der Waals surface area contributed by atoms with E-state index in [1.807, 2.05) is 48.5 Å². The number of hydrogen-bond acceptors (Lipinski definition) is 5. The van der Waals surface area contributed by atoms with E-state index in [9.17, 15) is 19.5 Å². The molecular weight excluding hydrogens is 566 g/mol. The van der Waals surface area contributed by atoms with Gasteiger partial charge in [-0.3, -0.25) is 14.6 Å². The first kappa shape index (κ1) is 29.9. The second-order valence-corrected chi connectivity index (χ2v) is 11.0. The number of amides is 4. The maximum Gasteiger partial charge on any atom is 0.332 e.